The maximum atomic E-state index is 10.9. The Morgan fingerprint density at radius 2 is 2.33 bits per heavy atom. The normalized spacial score (nSPS) is 25.6. The van der Waals surface area contributed by atoms with E-state index in [1.807, 2.05) is 0 Å². The lowest BCUT2D eigenvalue weighted by atomic mass is 9.93. The molecule has 1 aromatic rings. The van der Waals surface area contributed by atoms with Gasteiger partial charge in [-0.1, -0.05) is 0 Å². The average molecular weight is 291 g/mol. The minimum atomic E-state index is -0.351. The summed E-state index contributed by atoms with van der Waals surface area (Å²) in [5.41, 5.74) is 1.03. The molecule has 0 aromatic heterocycles. The maximum absolute atomic E-state index is 10.9. The van der Waals surface area contributed by atoms with Crippen LogP contribution in [0.15, 0.2) is 18.2 Å². The van der Waals surface area contributed by atoms with Crippen LogP contribution in [0, 0.1) is 16.0 Å². The zero-order valence-corrected chi connectivity index (χ0v) is 12.2. The molecule has 2 atom stereocenters. The number of nitro benzene ring substituents is 1. The number of methoxy groups -OCH3 is 1. The SMILES string of the molecule is COc1ccc([N+](=O)[O-])cc1CN1CCC2NCCC2C1. The maximum Gasteiger partial charge on any atom is 0.270 e. The number of ether oxygens (including phenoxy) is 1. The predicted molar refractivity (Wildman–Crippen MR) is 79.4 cm³/mol. The van der Waals surface area contributed by atoms with Gasteiger partial charge in [0.05, 0.1) is 12.0 Å². The highest BCUT2D eigenvalue weighted by molar-refractivity contribution is 5.43. The standard InChI is InChI=1S/C15H21N3O3/c1-21-15-3-2-13(18(19)20)8-12(15)10-17-7-5-14-11(9-17)4-6-16-14/h2-3,8,11,14,16H,4-7,9-10H2,1H3. The van der Waals surface area contributed by atoms with Gasteiger partial charge in [0.2, 0.25) is 0 Å². The number of rotatable bonds is 4. The molecule has 0 spiro atoms. The van der Waals surface area contributed by atoms with E-state index in [4.69, 9.17) is 4.74 Å². The molecule has 1 N–H and O–H groups in total. The van der Waals surface area contributed by atoms with Crippen molar-refractivity contribution >= 4 is 5.69 Å². The molecular weight excluding hydrogens is 270 g/mol. The first kappa shape index (κ1) is 14.3. The van der Waals surface area contributed by atoms with Crippen LogP contribution in [0.3, 0.4) is 0 Å². The van der Waals surface area contributed by atoms with E-state index in [2.05, 4.69) is 10.2 Å². The first-order valence-electron chi connectivity index (χ1n) is 7.44. The van der Waals surface area contributed by atoms with E-state index < -0.39 is 0 Å². The van der Waals surface area contributed by atoms with Crippen molar-refractivity contribution in [2.24, 2.45) is 5.92 Å². The van der Waals surface area contributed by atoms with Gasteiger partial charge in [-0.3, -0.25) is 15.0 Å². The number of nitrogens with zero attached hydrogens (tertiary/aromatic N) is 2. The molecule has 1 aromatic carbocycles. The Balaban J connectivity index is 1.74. The molecular formula is C15H21N3O3. The highest BCUT2D eigenvalue weighted by atomic mass is 16.6. The highest BCUT2D eigenvalue weighted by Gasteiger charge is 2.32. The van der Waals surface area contributed by atoms with Gasteiger partial charge in [0.25, 0.3) is 5.69 Å². The number of fused-ring (bicyclic) bond motifs is 1. The Morgan fingerprint density at radius 3 is 3.10 bits per heavy atom. The van der Waals surface area contributed by atoms with Crippen molar-refractivity contribution < 1.29 is 9.66 Å². The van der Waals surface area contributed by atoms with E-state index in [1.165, 1.54) is 12.5 Å². The summed E-state index contributed by atoms with van der Waals surface area (Å²) in [6, 6.07) is 5.48. The molecule has 21 heavy (non-hydrogen) atoms. The van der Waals surface area contributed by atoms with Gasteiger partial charge in [-0.2, -0.15) is 0 Å². The minimum Gasteiger partial charge on any atom is -0.496 e. The summed E-state index contributed by atoms with van der Waals surface area (Å²) in [5, 5.41) is 14.5. The van der Waals surface area contributed by atoms with Gasteiger partial charge in [-0.05, 0) is 37.9 Å². The topological polar surface area (TPSA) is 67.6 Å². The van der Waals surface area contributed by atoms with Crippen LogP contribution in [0.4, 0.5) is 5.69 Å². The lowest BCUT2D eigenvalue weighted by Crippen LogP contribution is -2.43. The third-order valence-corrected chi connectivity index (χ3v) is 4.61. The number of piperidine rings is 1. The third kappa shape index (κ3) is 3.01. The van der Waals surface area contributed by atoms with Crippen LogP contribution in [0.1, 0.15) is 18.4 Å². The lowest BCUT2D eigenvalue weighted by Gasteiger charge is -2.35. The molecule has 0 bridgehead atoms. The summed E-state index contributed by atoms with van der Waals surface area (Å²) in [6.45, 7) is 3.92. The smallest absolute Gasteiger partial charge is 0.270 e. The summed E-state index contributed by atoms with van der Waals surface area (Å²) < 4.78 is 5.35. The Morgan fingerprint density at radius 1 is 1.48 bits per heavy atom. The highest BCUT2D eigenvalue weighted by Crippen LogP contribution is 2.29. The van der Waals surface area contributed by atoms with E-state index in [0.29, 0.717) is 18.5 Å². The lowest BCUT2D eigenvalue weighted by molar-refractivity contribution is -0.385. The van der Waals surface area contributed by atoms with Gasteiger partial charge in [0.15, 0.2) is 0 Å². The summed E-state index contributed by atoms with van der Waals surface area (Å²) in [4.78, 5) is 13.0. The fourth-order valence-electron chi connectivity index (χ4n) is 3.51. The quantitative estimate of drug-likeness (QED) is 0.676. The molecule has 2 aliphatic heterocycles. The largest absolute Gasteiger partial charge is 0.496 e. The summed E-state index contributed by atoms with van der Waals surface area (Å²) in [5.74, 6) is 1.44. The predicted octanol–water partition coefficient (Wildman–Crippen LogP) is 1.79. The molecule has 0 saturated carbocycles. The second-order valence-electron chi connectivity index (χ2n) is 5.89. The van der Waals surface area contributed by atoms with Crippen molar-refractivity contribution in [1.29, 1.82) is 0 Å². The van der Waals surface area contributed by atoms with Gasteiger partial charge in [0.1, 0.15) is 5.75 Å². The van der Waals surface area contributed by atoms with Crippen molar-refractivity contribution in [1.82, 2.24) is 10.2 Å². The number of likely N-dealkylation sites (tertiary alicyclic amines) is 1. The fourth-order valence-corrected chi connectivity index (χ4v) is 3.51. The van der Waals surface area contributed by atoms with Crippen LogP contribution < -0.4 is 10.1 Å². The van der Waals surface area contributed by atoms with E-state index in [-0.39, 0.29) is 10.6 Å². The summed E-state index contributed by atoms with van der Waals surface area (Å²) in [7, 11) is 1.61. The van der Waals surface area contributed by atoms with Gasteiger partial charge >= 0.3 is 0 Å². The molecule has 6 heteroatoms. The number of hydrogen-bond acceptors (Lipinski definition) is 5. The minimum absolute atomic E-state index is 0.128. The van der Waals surface area contributed by atoms with Crippen LogP contribution in [0.5, 0.6) is 5.75 Å². The number of benzene rings is 1. The molecule has 114 valence electrons. The molecule has 2 aliphatic rings. The van der Waals surface area contributed by atoms with Crippen molar-refractivity contribution in [3.05, 3.63) is 33.9 Å². The molecule has 3 rings (SSSR count). The Labute approximate surface area is 124 Å². The van der Waals surface area contributed by atoms with Gasteiger partial charge < -0.3 is 10.1 Å². The van der Waals surface area contributed by atoms with Crippen LogP contribution in [-0.2, 0) is 6.54 Å². The molecule has 0 aliphatic carbocycles. The average Bonchev–Trinajstić information content (AvgIpc) is 2.94. The van der Waals surface area contributed by atoms with Crippen molar-refractivity contribution in [3.63, 3.8) is 0 Å². The molecule has 0 radical (unpaired) electrons. The molecule has 6 nitrogen and oxygen atoms in total. The molecule has 2 fully saturated rings. The van der Waals surface area contributed by atoms with Gasteiger partial charge in [-0.25, -0.2) is 0 Å². The van der Waals surface area contributed by atoms with Crippen molar-refractivity contribution in [3.8, 4) is 5.75 Å². The molecule has 0 amide bonds. The first-order valence-corrected chi connectivity index (χ1v) is 7.44. The molecule has 2 unspecified atom stereocenters. The Kier molecular flexibility index (Phi) is 4.07. The number of nitrogens with one attached hydrogen (secondary N) is 1. The Bertz CT molecular complexity index is 535. The van der Waals surface area contributed by atoms with E-state index in [1.54, 1.807) is 19.2 Å². The zero-order chi connectivity index (χ0) is 14.8. The zero-order valence-electron chi connectivity index (χ0n) is 12.2. The number of nitro groups is 1. The second kappa shape index (κ2) is 5.99. The van der Waals surface area contributed by atoms with E-state index in [0.717, 1.165) is 37.4 Å². The van der Waals surface area contributed by atoms with E-state index >= 15 is 0 Å². The van der Waals surface area contributed by atoms with Crippen LogP contribution in [0.25, 0.3) is 0 Å². The van der Waals surface area contributed by atoms with E-state index in [9.17, 15) is 10.1 Å². The first-order chi connectivity index (χ1) is 10.2. The van der Waals surface area contributed by atoms with Crippen molar-refractivity contribution in [2.45, 2.75) is 25.4 Å². The number of hydrogen-bond donors (Lipinski definition) is 1. The monoisotopic (exact) mass is 291 g/mol. The number of non-ortho nitro benzene ring substituents is 1. The van der Waals surface area contributed by atoms with Gasteiger partial charge in [-0.15, -0.1) is 0 Å². The Hall–Kier alpha value is -1.66. The fraction of sp³-hybridized carbons (Fsp3) is 0.600. The summed E-state index contributed by atoms with van der Waals surface area (Å²) in [6.07, 6.45) is 2.38. The third-order valence-electron chi connectivity index (χ3n) is 4.61. The van der Waals surface area contributed by atoms with Crippen LogP contribution >= 0.6 is 0 Å². The van der Waals surface area contributed by atoms with Crippen LogP contribution in [0.2, 0.25) is 0 Å². The second-order valence-corrected chi connectivity index (χ2v) is 5.89. The molecule has 2 saturated heterocycles. The van der Waals surface area contributed by atoms with Crippen molar-refractivity contribution in [2.75, 3.05) is 26.7 Å². The van der Waals surface area contributed by atoms with Gasteiger partial charge in [0, 0.05) is 36.8 Å². The molecule has 2 heterocycles. The summed E-state index contributed by atoms with van der Waals surface area (Å²) >= 11 is 0. The van der Waals surface area contributed by atoms with Crippen LogP contribution in [-0.4, -0.2) is 42.6 Å².